The van der Waals surface area contributed by atoms with Crippen LogP contribution in [0.5, 0.6) is 0 Å². The summed E-state index contributed by atoms with van der Waals surface area (Å²) in [5, 5.41) is 4.49. The lowest BCUT2D eigenvalue weighted by Crippen LogP contribution is -2.25. The van der Waals surface area contributed by atoms with Gasteiger partial charge in [-0.3, -0.25) is 0 Å². The largest absolute Gasteiger partial charge is 0.247 e. The van der Waals surface area contributed by atoms with E-state index in [1.54, 1.807) is 11.3 Å². The molecule has 0 N–H and O–H groups in total. The van der Waals surface area contributed by atoms with Crippen molar-refractivity contribution in [3.8, 4) is 0 Å². The number of halogens is 1. The first-order valence-electron chi connectivity index (χ1n) is 6.12. The Morgan fingerprint density at radius 2 is 2.19 bits per heavy atom. The number of nitrogens with zero attached hydrogens (tertiary/aromatic N) is 1. The summed E-state index contributed by atoms with van der Waals surface area (Å²) in [7, 11) is 0. The Morgan fingerprint density at radius 1 is 1.44 bits per heavy atom. The molecule has 0 amide bonds. The number of hydrogen-bond donors (Lipinski definition) is 0. The van der Waals surface area contributed by atoms with Crippen LogP contribution in [0.2, 0.25) is 0 Å². The second-order valence-electron chi connectivity index (χ2n) is 4.63. The molecule has 0 radical (unpaired) electrons. The number of aryl methyl sites for hydroxylation is 1. The molecule has 92 valence electrons. The van der Waals surface area contributed by atoms with Gasteiger partial charge in [0.05, 0.1) is 10.7 Å². The van der Waals surface area contributed by atoms with Crippen LogP contribution in [0, 0.1) is 12.3 Å². The Bertz CT molecular complexity index is 305. The first-order chi connectivity index (χ1) is 7.65. The maximum absolute atomic E-state index is 4.60. The minimum Gasteiger partial charge on any atom is -0.247 e. The van der Waals surface area contributed by atoms with Gasteiger partial charge in [-0.2, -0.15) is 0 Å². The van der Waals surface area contributed by atoms with Gasteiger partial charge in [-0.15, -0.1) is 11.3 Å². The molecule has 0 aliphatic heterocycles. The summed E-state index contributed by atoms with van der Waals surface area (Å²) in [4.78, 5) is 4.60. The molecule has 1 rings (SSSR count). The molecule has 0 fully saturated rings. The van der Waals surface area contributed by atoms with Crippen molar-refractivity contribution in [3.05, 3.63) is 16.1 Å². The number of rotatable bonds is 7. The van der Waals surface area contributed by atoms with E-state index in [1.165, 1.54) is 36.4 Å². The predicted molar refractivity (Wildman–Crippen MR) is 76.6 cm³/mol. The third kappa shape index (κ3) is 3.85. The number of alkyl halides is 1. The quantitative estimate of drug-likeness (QED) is 0.648. The lowest BCUT2D eigenvalue weighted by molar-refractivity contribution is 0.281. The van der Waals surface area contributed by atoms with Crippen molar-refractivity contribution < 1.29 is 0 Å². The van der Waals surface area contributed by atoms with E-state index in [9.17, 15) is 0 Å². The summed E-state index contributed by atoms with van der Waals surface area (Å²) in [6, 6.07) is 0. The van der Waals surface area contributed by atoms with Gasteiger partial charge in [-0.25, -0.2) is 4.98 Å². The van der Waals surface area contributed by atoms with Crippen molar-refractivity contribution in [3.63, 3.8) is 0 Å². The Labute approximate surface area is 112 Å². The van der Waals surface area contributed by atoms with Gasteiger partial charge in [0.2, 0.25) is 0 Å². The van der Waals surface area contributed by atoms with Crippen LogP contribution in [0.15, 0.2) is 5.38 Å². The average Bonchev–Trinajstić information content (AvgIpc) is 2.70. The highest BCUT2D eigenvalue weighted by Gasteiger charge is 2.27. The van der Waals surface area contributed by atoms with Crippen LogP contribution in [0.1, 0.15) is 50.2 Å². The van der Waals surface area contributed by atoms with Crippen LogP contribution in [-0.2, 0) is 6.42 Å². The van der Waals surface area contributed by atoms with E-state index >= 15 is 0 Å². The summed E-state index contributed by atoms with van der Waals surface area (Å²) in [5.41, 5.74) is 1.69. The van der Waals surface area contributed by atoms with Gasteiger partial charge in [0.15, 0.2) is 0 Å². The molecule has 0 aromatic carbocycles. The molecule has 1 aromatic rings. The molecule has 3 heteroatoms. The smallest absolute Gasteiger partial charge is 0.0897 e. The number of aromatic nitrogens is 1. The van der Waals surface area contributed by atoms with E-state index in [-0.39, 0.29) is 0 Å². The molecule has 0 aliphatic carbocycles. The zero-order valence-corrected chi connectivity index (χ0v) is 13.0. The lowest BCUT2D eigenvalue weighted by atomic mass is 9.78. The van der Waals surface area contributed by atoms with Gasteiger partial charge < -0.3 is 0 Å². The molecule has 1 nitrogen and oxygen atoms in total. The summed E-state index contributed by atoms with van der Waals surface area (Å²) >= 11 is 5.47. The highest BCUT2D eigenvalue weighted by molar-refractivity contribution is 9.09. The van der Waals surface area contributed by atoms with Crippen LogP contribution in [-0.4, -0.2) is 10.3 Å². The standard InChI is InChI=1S/C13H22BrNS/c1-4-6-7-13(5-2,10-14)8-12-9-16-11(3)15-12/h9H,4-8,10H2,1-3H3. The first-order valence-corrected chi connectivity index (χ1v) is 8.13. The average molecular weight is 304 g/mol. The summed E-state index contributed by atoms with van der Waals surface area (Å²) in [6.45, 7) is 6.65. The minimum atomic E-state index is 0.413. The topological polar surface area (TPSA) is 12.9 Å². The van der Waals surface area contributed by atoms with E-state index < -0.39 is 0 Å². The molecule has 0 bridgehead atoms. The maximum Gasteiger partial charge on any atom is 0.0897 e. The Hall–Kier alpha value is 0.110. The van der Waals surface area contributed by atoms with Crippen molar-refractivity contribution in [2.24, 2.45) is 5.41 Å². The summed E-state index contributed by atoms with van der Waals surface area (Å²) in [6.07, 6.45) is 6.27. The highest BCUT2D eigenvalue weighted by Crippen LogP contribution is 2.35. The number of hydrogen-bond acceptors (Lipinski definition) is 2. The summed E-state index contributed by atoms with van der Waals surface area (Å²) in [5.74, 6) is 0. The van der Waals surface area contributed by atoms with Crippen LogP contribution in [0.3, 0.4) is 0 Å². The van der Waals surface area contributed by atoms with Crippen LogP contribution in [0.4, 0.5) is 0 Å². The molecule has 1 unspecified atom stereocenters. The van der Waals surface area contributed by atoms with Crippen molar-refractivity contribution >= 4 is 27.3 Å². The zero-order valence-electron chi connectivity index (χ0n) is 10.6. The predicted octanol–water partition coefficient (Wildman–Crippen LogP) is 4.98. The van der Waals surface area contributed by atoms with E-state index in [4.69, 9.17) is 0 Å². The fourth-order valence-corrected chi connectivity index (χ4v) is 3.51. The third-order valence-corrected chi connectivity index (χ3v) is 5.33. The van der Waals surface area contributed by atoms with Crippen molar-refractivity contribution in [1.82, 2.24) is 4.98 Å². The molecule has 1 aromatic heterocycles. The van der Waals surface area contributed by atoms with E-state index in [2.05, 4.69) is 47.1 Å². The van der Waals surface area contributed by atoms with Crippen LogP contribution < -0.4 is 0 Å². The van der Waals surface area contributed by atoms with Gasteiger partial charge in [-0.05, 0) is 31.6 Å². The van der Waals surface area contributed by atoms with Gasteiger partial charge in [-0.1, -0.05) is 42.6 Å². The van der Waals surface area contributed by atoms with Gasteiger partial charge in [0, 0.05) is 10.7 Å². The van der Waals surface area contributed by atoms with Crippen molar-refractivity contribution in [2.75, 3.05) is 5.33 Å². The number of thiazole rings is 1. The SMILES string of the molecule is CCCCC(CC)(CBr)Cc1csc(C)n1. The van der Waals surface area contributed by atoms with Crippen LogP contribution in [0.25, 0.3) is 0 Å². The Kier molecular flexibility index (Phi) is 5.98. The molecule has 1 atom stereocenters. The van der Waals surface area contributed by atoms with Gasteiger partial charge in [0.25, 0.3) is 0 Å². The third-order valence-electron chi connectivity index (χ3n) is 3.32. The second-order valence-corrected chi connectivity index (χ2v) is 6.25. The van der Waals surface area contributed by atoms with E-state index in [0.717, 1.165) is 11.8 Å². The lowest BCUT2D eigenvalue weighted by Gasteiger charge is -2.30. The molecule has 0 aliphatic rings. The Balaban J connectivity index is 2.69. The van der Waals surface area contributed by atoms with E-state index in [1.807, 2.05) is 0 Å². The molecular formula is C13H22BrNS. The van der Waals surface area contributed by atoms with Gasteiger partial charge >= 0.3 is 0 Å². The Morgan fingerprint density at radius 3 is 2.62 bits per heavy atom. The van der Waals surface area contributed by atoms with Crippen LogP contribution >= 0.6 is 27.3 Å². The van der Waals surface area contributed by atoms with Gasteiger partial charge in [0.1, 0.15) is 0 Å². The fraction of sp³-hybridized carbons (Fsp3) is 0.769. The molecule has 1 heterocycles. The second kappa shape index (κ2) is 6.75. The maximum atomic E-state index is 4.60. The molecule has 0 saturated carbocycles. The fourth-order valence-electron chi connectivity index (χ4n) is 2.02. The normalized spacial score (nSPS) is 15.0. The highest BCUT2D eigenvalue weighted by atomic mass is 79.9. The minimum absolute atomic E-state index is 0.413. The first kappa shape index (κ1) is 14.2. The zero-order chi connectivity index (χ0) is 12.0. The monoisotopic (exact) mass is 303 g/mol. The van der Waals surface area contributed by atoms with Crippen molar-refractivity contribution in [1.29, 1.82) is 0 Å². The van der Waals surface area contributed by atoms with E-state index in [0.29, 0.717) is 5.41 Å². The molecule has 16 heavy (non-hydrogen) atoms. The van der Waals surface area contributed by atoms with Crippen molar-refractivity contribution in [2.45, 2.75) is 52.9 Å². The molecule has 0 spiro atoms. The molecule has 0 saturated heterocycles. The number of unbranched alkanes of at least 4 members (excludes halogenated alkanes) is 1. The summed E-state index contributed by atoms with van der Waals surface area (Å²) < 4.78 is 0. The molecular weight excluding hydrogens is 282 g/mol.